The summed E-state index contributed by atoms with van der Waals surface area (Å²) >= 11 is 0. The van der Waals surface area contributed by atoms with Gasteiger partial charge < -0.3 is 9.97 Å². The first-order valence-corrected chi connectivity index (χ1v) is 18.9. The predicted octanol–water partition coefficient (Wildman–Crippen LogP) is 9.42. The Hall–Kier alpha value is -4.00. The SMILES string of the molecule is CCCC1CC2CN(CCc3c[nH]c4ccc(F)cc34)C1C=C2C(CN1CC2C=CC1C(Cc1ccccc1)C2)c1c[nH]c2ccc(F)cc12. The molecule has 2 fully saturated rings. The summed E-state index contributed by atoms with van der Waals surface area (Å²) in [5.74, 6) is 2.11. The van der Waals surface area contributed by atoms with Crippen LogP contribution in [0, 0.1) is 35.3 Å². The summed E-state index contributed by atoms with van der Waals surface area (Å²) in [6.07, 6.45) is 18.7. The van der Waals surface area contributed by atoms with Crippen LogP contribution in [0.4, 0.5) is 8.78 Å². The van der Waals surface area contributed by atoms with Gasteiger partial charge in [-0.3, -0.25) is 9.80 Å². The number of hydrogen-bond donors (Lipinski definition) is 2. The molecule has 11 rings (SSSR count). The monoisotopic (exact) mass is 670 g/mol. The Bertz CT molecular complexity index is 2040. The van der Waals surface area contributed by atoms with E-state index >= 15 is 0 Å². The zero-order valence-electron chi connectivity index (χ0n) is 29.0. The summed E-state index contributed by atoms with van der Waals surface area (Å²) in [6, 6.07) is 22.0. The first kappa shape index (κ1) is 31.9. The largest absolute Gasteiger partial charge is 0.361 e. The van der Waals surface area contributed by atoms with Crippen molar-refractivity contribution in [3.8, 4) is 0 Å². The van der Waals surface area contributed by atoms with Crippen LogP contribution in [0.15, 0.2) is 103 Å². The molecule has 3 aromatic carbocycles. The number of piperidine rings is 2. The van der Waals surface area contributed by atoms with Crippen LogP contribution in [0.3, 0.4) is 0 Å². The molecule has 7 unspecified atom stereocenters. The van der Waals surface area contributed by atoms with E-state index in [1.54, 1.807) is 23.8 Å². The molecule has 5 aromatic rings. The lowest BCUT2D eigenvalue weighted by molar-refractivity contribution is 0.0589. The van der Waals surface area contributed by atoms with Crippen molar-refractivity contribution in [3.63, 3.8) is 0 Å². The molecule has 0 saturated carbocycles. The molecule has 2 saturated heterocycles. The van der Waals surface area contributed by atoms with Crippen LogP contribution in [0.25, 0.3) is 21.8 Å². The van der Waals surface area contributed by atoms with Crippen molar-refractivity contribution in [2.45, 2.75) is 63.5 Å². The van der Waals surface area contributed by atoms with Gasteiger partial charge in [-0.1, -0.05) is 67.5 Å². The minimum atomic E-state index is -0.182. The zero-order chi connectivity index (χ0) is 33.8. The molecule has 4 bridgehead atoms. The lowest BCUT2D eigenvalue weighted by atomic mass is 9.67. The molecule has 7 atom stereocenters. The summed E-state index contributed by atoms with van der Waals surface area (Å²) < 4.78 is 29.0. The number of fused-ring (bicyclic) bond motifs is 6. The molecule has 0 amide bonds. The number of rotatable bonds is 11. The second-order valence-electron chi connectivity index (χ2n) is 15.6. The standard InChI is InChI=1S/C44H48F2N4/c1-2-6-30-19-33-26-49(16-15-31-23-47-41-12-10-34(45)20-37(31)41)44(30)22-36(33)40(39-24-48-42-13-11-35(46)21-38(39)42)27-50-25-29-9-14-43(50)32(18-29)17-28-7-4-3-5-8-28/h3-5,7-14,20-24,29-30,32-33,40,43-44,47-48H,2,6,15-19,25-27H2,1H3. The number of nitrogens with zero attached hydrogens (tertiary/aromatic N) is 2. The van der Waals surface area contributed by atoms with Gasteiger partial charge in [0.25, 0.3) is 0 Å². The summed E-state index contributed by atoms with van der Waals surface area (Å²) in [5.41, 5.74) is 7.42. The molecular weight excluding hydrogens is 623 g/mol. The Morgan fingerprint density at radius 1 is 0.800 bits per heavy atom. The van der Waals surface area contributed by atoms with Crippen molar-refractivity contribution in [3.05, 3.63) is 131 Å². The van der Waals surface area contributed by atoms with Crippen molar-refractivity contribution in [1.82, 2.24) is 19.8 Å². The number of H-pyrrole nitrogens is 2. The first-order valence-electron chi connectivity index (χ1n) is 18.9. The van der Waals surface area contributed by atoms with Crippen molar-refractivity contribution >= 4 is 21.8 Å². The third kappa shape index (κ3) is 5.94. The highest BCUT2D eigenvalue weighted by molar-refractivity contribution is 5.84. The highest BCUT2D eigenvalue weighted by atomic mass is 19.1. The van der Waals surface area contributed by atoms with E-state index in [-0.39, 0.29) is 17.6 Å². The number of hydrogen-bond acceptors (Lipinski definition) is 2. The van der Waals surface area contributed by atoms with E-state index in [9.17, 15) is 8.78 Å². The third-order valence-corrected chi connectivity index (χ3v) is 12.6. The minimum Gasteiger partial charge on any atom is -0.361 e. The number of aromatic nitrogens is 2. The highest BCUT2D eigenvalue weighted by Gasteiger charge is 2.45. The summed E-state index contributed by atoms with van der Waals surface area (Å²) in [4.78, 5) is 12.4. The van der Waals surface area contributed by atoms with Crippen molar-refractivity contribution in [2.24, 2.45) is 23.7 Å². The molecule has 2 aromatic heterocycles. The van der Waals surface area contributed by atoms with Crippen molar-refractivity contribution < 1.29 is 8.78 Å². The Labute approximate surface area is 294 Å². The fraction of sp³-hybridized carbons (Fsp3) is 0.409. The molecule has 6 heterocycles. The minimum absolute atomic E-state index is 0.175. The number of benzene rings is 3. The van der Waals surface area contributed by atoms with E-state index in [0.29, 0.717) is 35.8 Å². The van der Waals surface area contributed by atoms with Crippen LogP contribution >= 0.6 is 0 Å². The summed E-state index contributed by atoms with van der Waals surface area (Å²) in [5, 5.41) is 2.01. The van der Waals surface area contributed by atoms with E-state index in [1.165, 1.54) is 48.4 Å². The Morgan fingerprint density at radius 3 is 2.36 bits per heavy atom. The van der Waals surface area contributed by atoms with E-state index < -0.39 is 0 Å². The van der Waals surface area contributed by atoms with Crippen LogP contribution in [-0.2, 0) is 12.8 Å². The van der Waals surface area contributed by atoms with Crippen LogP contribution in [0.1, 0.15) is 55.2 Å². The molecule has 258 valence electrons. The Balaban J connectivity index is 1.04. The van der Waals surface area contributed by atoms with Gasteiger partial charge in [0.2, 0.25) is 0 Å². The Morgan fingerprint density at radius 2 is 1.58 bits per heavy atom. The van der Waals surface area contributed by atoms with Crippen LogP contribution in [-0.4, -0.2) is 58.0 Å². The van der Waals surface area contributed by atoms with Gasteiger partial charge in [0, 0.05) is 78.4 Å². The van der Waals surface area contributed by atoms with Gasteiger partial charge in [0.1, 0.15) is 11.6 Å². The molecule has 0 radical (unpaired) electrons. The van der Waals surface area contributed by atoms with E-state index in [2.05, 4.69) is 87.6 Å². The fourth-order valence-corrected chi connectivity index (χ4v) is 10.4. The normalized spacial score (nSPS) is 27.1. The smallest absolute Gasteiger partial charge is 0.123 e. The van der Waals surface area contributed by atoms with Crippen molar-refractivity contribution in [1.29, 1.82) is 0 Å². The van der Waals surface area contributed by atoms with Crippen LogP contribution < -0.4 is 0 Å². The van der Waals surface area contributed by atoms with Crippen LogP contribution in [0.2, 0.25) is 0 Å². The second-order valence-corrected chi connectivity index (χ2v) is 15.6. The van der Waals surface area contributed by atoms with Gasteiger partial charge in [-0.2, -0.15) is 0 Å². The predicted molar refractivity (Wildman–Crippen MR) is 199 cm³/mol. The number of nitrogens with one attached hydrogen (secondary N) is 2. The first-order chi connectivity index (χ1) is 24.5. The molecule has 4 nitrogen and oxygen atoms in total. The fourth-order valence-electron chi connectivity index (χ4n) is 10.4. The maximum absolute atomic E-state index is 14.8. The average Bonchev–Trinajstić information content (AvgIpc) is 3.74. The number of aromatic amines is 2. The quantitative estimate of drug-likeness (QED) is 0.138. The molecule has 4 aliphatic heterocycles. The molecule has 6 heteroatoms. The molecule has 50 heavy (non-hydrogen) atoms. The second kappa shape index (κ2) is 13.3. The summed E-state index contributed by atoms with van der Waals surface area (Å²) in [7, 11) is 0. The van der Waals surface area contributed by atoms with Gasteiger partial charge in [-0.25, -0.2) is 8.78 Å². The van der Waals surface area contributed by atoms with Gasteiger partial charge in [-0.15, -0.1) is 0 Å². The zero-order valence-corrected chi connectivity index (χ0v) is 29.0. The Kier molecular flexibility index (Phi) is 8.48. The van der Waals surface area contributed by atoms with Crippen molar-refractivity contribution in [2.75, 3.05) is 26.2 Å². The van der Waals surface area contributed by atoms with E-state index in [0.717, 1.165) is 60.8 Å². The van der Waals surface area contributed by atoms with Gasteiger partial charge in [-0.05, 0) is 109 Å². The highest BCUT2D eigenvalue weighted by Crippen LogP contribution is 2.48. The lowest BCUT2D eigenvalue weighted by Gasteiger charge is -2.52. The van der Waals surface area contributed by atoms with Gasteiger partial charge in [0.15, 0.2) is 0 Å². The topological polar surface area (TPSA) is 38.1 Å². The molecule has 2 aliphatic carbocycles. The lowest BCUT2D eigenvalue weighted by Crippen LogP contribution is -2.55. The number of halogens is 2. The summed E-state index contributed by atoms with van der Waals surface area (Å²) in [6.45, 7) is 6.36. The third-order valence-electron chi connectivity index (χ3n) is 12.6. The molecule has 0 spiro atoms. The molecule has 6 aliphatic rings. The van der Waals surface area contributed by atoms with Gasteiger partial charge >= 0.3 is 0 Å². The van der Waals surface area contributed by atoms with E-state index in [1.807, 2.05) is 12.1 Å². The maximum atomic E-state index is 14.8. The maximum Gasteiger partial charge on any atom is 0.123 e. The van der Waals surface area contributed by atoms with E-state index in [4.69, 9.17) is 0 Å². The average molecular weight is 671 g/mol. The molecule has 2 N–H and O–H groups in total. The molecular formula is C44H48F2N4. The van der Waals surface area contributed by atoms with Crippen LogP contribution in [0.5, 0.6) is 0 Å². The van der Waals surface area contributed by atoms with Gasteiger partial charge in [0.05, 0.1) is 0 Å².